The van der Waals surface area contributed by atoms with Gasteiger partial charge in [-0.05, 0) is 41.7 Å². The Morgan fingerprint density at radius 1 is 1.15 bits per heavy atom. The van der Waals surface area contributed by atoms with Crippen molar-refractivity contribution in [2.45, 2.75) is 18.3 Å². The lowest BCUT2D eigenvalue weighted by molar-refractivity contribution is 0.577. The summed E-state index contributed by atoms with van der Waals surface area (Å²) in [5.74, 6) is 0. The van der Waals surface area contributed by atoms with Crippen molar-refractivity contribution in [3.05, 3.63) is 70.2 Å². The quantitative estimate of drug-likeness (QED) is 0.832. The zero-order valence-corrected chi connectivity index (χ0v) is 12.0. The lowest BCUT2D eigenvalue weighted by atomic mass is 9.75. The Labute approximate surface area is 124 Å². The van der Waals surface area contributed by atoms with Crippen LogP contribution in [0.25, 0.3) is 0 Å². The van der Waals surface area contributed by atoms with E-state index in [-0.39, 0.29) is 5.41 Å². The molecule has 0 saturated carbocycles. The molecule has 0 bridgehead atoms. The molecule has 20 heavy (non-hydrogen) atoms. The lowest BCUT2D eigenvalue weighted by Crippen LogP contribution is -2.41. The van der Waals surface area contributed by atoms with Crippen LogP contribution in [0.15, 0.2) is 48.5 Å². The molecule has 3 rings (SSSR count). The molecular weight excluding hydrogens is 268 g/mol. The molecule has 0 heterocycles. The van der Waals surface area contributed by atoms with Gasteiger partial charge in [-0.3, -0.25) is 0 Å². The Bertz CT molecular complexity index is 648. The van der Waals surface area contributed by atoms with Crippen LogP contribution >= 0.6 is 11.6 Å². The molecule has 0 radical (unpaired) electrons. The second kappa shape index (κ2) is 5.04. The normalized spacial score (nSPS) is 20.7. The first kappa shape index (κ1) is 13.3. The van der Waals surface area contributed by atoms with E-state index in [9.17, 15) is 0 Å². The van der Waals surface area contributed by atoms with Crippen LogP contribution < -0.4 is 5.73 Å². The highest BCUT2D eigenvalue weighted by molar-refractivity contribution is 6.30. The summed E-state index contributed by atoms with van der Waals surface area (Å²) in [7, 11) is 0. The van der Waals surface area contributed by atoms with Crippen LogP contribution in [0.5, 0.6) is 0 Å². The van der Waals surface area contributed by atoms with E-state index in [0.717, 1.165) is 18.4 Å². The van der Waals surface area contributed by atoms with E-state index in [2.05, 4.69) is 18.2 Å². The van der Waals surface area contributed by atoms with Crippen LogP contribution in [0.4, 0.5) is 0 Å². The van der Waals surface area contributed by atoms with E-state index >= 15 is 0 Å². The summed E-state index contributed by atoms with van der Waals surface area (Å²) >= 11 is 5.93. The molecule has 1 aliphatic rings. The zero-order chi connectivity index (χ0) is 14.2. The summed E-state index contributed by atoms with van der Waals surface area (Å²) in [6.45, 7) is 0.464. The van der Waals surface area contributed by atoms with E-state index in [1.807, 2.05) is 30.3 Å². The van der Waals surface area contributed by atoms with Gasteiger partial charge in [-0.1, -0.05) is 48.0 Å². The van der Waals surface area contributed by atoms with Crippen LogP contribution in [0.3, 0.4) is 0 Å². The Morgan fingerprint density at radius 3 is 2.55 bits per heavy atom. The van der Waals surface area contributed by atoms with Gasteiger partial charge in [0, 0.05) is 11.6 Å². The van der Waals surface area contributed by atoms with Crippen molar-refractivity contribution < 1.29 is 0 Å². The van der Waals surface area contributed by atoms with Gasteiger partial charge in [-0.15, -0.1) is 0 Å². The summed E-state index contributed by atoms with van der Waals surface area (Å²) in [5.41, 5.74) is 9.75. The van der Waals surface area contributed by atoms with Crippen molar-refractivity contribution >= 4 is 17.3 Å². The molecule has 0 aromatic heterocycles. The minimum absolute atomic E-state index is 0.357. The van der Waals surface area contributed by atoms with E-state index in [0.29, 0.717) is 17.3 Å². The third kappa shape index (κ3) is 1.96. The smallest absolute Gasteiger partial charge is 0.0504 e. The molecule has 1 unspecified atom stereocenters. The third-order valence-electron chi connectivity index (χ3n) is 4.31. The maximum atomic E-state index is 8.65. The number of hydrogen-bond acceptors (Lipinski definition) is 2. The summed E-state index contributed by atoms with van der Waals surface area (Å²) in [6.07, 6.45) is 1.90. The molecule has 0 amide bonds. The first-order valence-electron chi connectivity index (χ1n) is 6.81. The highest BCUT2D eigenvalue weighted by Crippen LogP contribution is 2.40. The van der Waals surface area contributed by atoms with Gasteiger partial charge >= 0.3 is 0 Å². The van der Waals surface area contributed by atoms with Crippen molar-refractivity contribution in [3.63, 3.8) is 0 Å². The number of nitrogens with two attached hydrogens (primary N) is 1. The fourth-order valence-corrected chi connectivity index (χ4v) is 3.28. The molecule has 0 aliphatic heterocycles. The number of rotatable bonds is 3. The van der Waals surface area contributed by atoms with Crippen molar-refractivity contribution in [3.8, 4) is 0 Å². The Hall–Kier alpha value is -1.64. The van der Waals surface area contributed by atoms with Crippen LogP contribution in [-0.4, -0.2) is 12.3 Å². The SMILES string of the molecule is N=C(c1ccc(Cl)cc1)C1(CN)CCc2ccccc21. The molecule has 2 aromatic rings. The van der Waals surface area contributed by atoms with E-state index in [1.165, 1.54) is 11.1 Å². The molecular formula is C17H17ClN2. The Morgan fingerprint density at radius 2 is 1.85 bits per heavy atom. The first-order valence-corrected chi connectivity index (χ1v) is 7.18. The van der Waals surface area contributed by atoms with Crippen LogP contribution in [0, 0.1) is 5.41 Å². The van der Waals surface area contributed by atoms with Gasteiger partial charge in [-0.25, -0.2) is 0 Å². The molecule has 1 aliphatic carbocycles. The third-order valence-corrected chi connectivity index (χ3v) is 4.57. The van der Waals surface area contributed by atoms with E-state index < -0.39 is 0 Å². The molecule has 1 atom stereocenters. The summed E-state index contributed by atoms with van der Waals surface area (Å²) < 4.78 is 0. The molecule has 2 nitrogen and oxygen atoms in total. The van der Waals surface area contributed by atoms with E-state index in [4.69, 9.17) is 22.7 Å². The Kier molecular flexibility index (Phi) is 3.36. The van der Waals surface area contributed by atoms with E-state index in [1.54, 1.807) is 0 Å². The maximum absolute atomic E-state index is 8.65. The maximum Gasteiger partial charge on any atom is 0.0504 e. The largest absolute Gasteiger partial charge is 0.329 e. The molecule has 2 aromatic carbocycles. The minimum atomic E-state index is -0.357. The lowest BCUT2D eigenvalue weighted by Gasteiger charge is -2.30. The average Bonchev–Trinajstić information content (AvgIpc) is 2.87. The predicted molar refractivity (Wildman–Crippen MR) is 83.8 cm³/mol. The summed E-state index contributed by atoms with van der Waals surface area (Å²) in [5, 5.41) is 9.34. The van der Waals surface area contributed by atoms with Gasteiger partial charge in [0.05, 0.1) is 11.1 Å². The fourth-order valence-electron chi connectivity index (χ4n) is 3.15. The number of benzene rings is 2. The second-order valence-electron chi connectivity index (χ2n) is 5.33. The minimum Gasteiger partial charge on any atom is -0.329 e. The van der Waals surface area contributed by atoms with Crippen LogP contribution in [0.2, 0.25) is 5.02 Å². The van der Waals surface area contributed by atoms with Crippen molar-refractivity contribution in [2.75, 3.05) is 6.54 Å². The molecule has 0 saturated heterocycles. The zero-order valence-electron chi connectivity index (χ0n) is 11.2. The molecule has 3 N–H and O–H groups in total. The molecule has 0 spiro atoms. The van der Waals surface area contributed by atoms with Gasteiger partial charge in [0.2, 0.25) is 0 Å². The second-order valence-corrected chi connectivity index (χ2v) is 5.76. The topological polar surface area (TPSA) is 49.9 Å². The predicted octanol–water partition coefficient (Wildman–Crippen LogP) is 3.55. The Balaban J connectivity index is 2.07. The molecule has 0 fully saturated rings. The standard InChI is InChI=1S/C17H17ClN2/c18-14-7-5-13(6-8-14)16(20)17(11-19)10-9-12-3-1-2-4-15(12)17/h1-8,20H,9-11,19H2. The van der Waals surface area contributed by atoms with Crippen molar-refractivity contribution in [1.29, 1.82) is 5.41 Å². The van der Waals surface area contributed by atoms with Crippen LogP contribution in [0.1, 0.15) is 23.1 Å². The van der Waals surface area contributed by atoms with Crippen molar-refractivity contribution in [1.82, 2.24) is 0 Å². The summed E-state index contributed by atoms with van der Waals surface area (Å²) in [4.78, 5) is 0. The highest BCUT2D eigenvalue weighted by Gasteiger charge is 2.41. The number of hydrogen-bond donors (Lipinski definition) is 2. The fraction of sp³-hybridized carbons (Fsp3) is 0.235. The molecule has 102 valence electrons. The number of aryl methyl sites for hydroxylation is 1. The van der Waals surface area contributed by atoms with Gasteiger partial charge in [0.25, 0.3) is 0 Å². The van der Waals surface area contributed by atoms with Gasteiger partial charge in [0.15, 0.2) is 0 Å². The number of nitrogens with one attached hydrogen (secondary N) is 1. The monoisotopic (exact) mass is 284 g/mol. The number of fused-ring (bicyclic) bond motifs is 1. The van der Waals surface area contributed by atoms with Gasteiger partial charge < -0.3 is 11.1 Å². The summed E-state index contributed by atoms with van der Waals surface area (Å²) in [6, 6.07) is 15.8. The highest BCUT2D eigenvalue weighted by atomic mass is 35.5. The van der Waals surface area contributed by atoms with Crippen LogP contribution in [-0.2, 0) is 11.8 Å². The average molecular weight is 285 g/mol. The van der Waals surface area contributed by atoms with Gasteiger partial charge in [-0.2, -0.15) is 0 Å². The van der Waals surface area contributed by atoms with Gasteiger partial charge in [0.1, 0.15) is 0 Å². The number of halogens is 1. The molecule has 3 heteroatoms. The van der Waals surface area contributed by atoms with Crippen molar-refractivity contribution in [2.24, 2.45) is 5.73 Å². The first-order chi connectivity index (χ1) is 9.67.